The molecule has 1 aromatic heterocycles. The number of ether oxygens (including phenoxy) is 1. The Morgan fingerprint density at radius 2 is 1.97 bits per heavy atom. The van der Waals surface area contributed by atoms with E-state index in [1.807, 2.05) is 57.3 Å². The first-order valence-corrected chi connectivity index (χ1v) is 10.2. The number of hydrogen-bond donors (Lipinski definition) is 1. The summed E-state index contributed by atoms with van der Waals surface area (Å²) < 4.78 is 8.50. The second-order valence-corrected chi connectivity index (χ2v) is 7.56. The summed E-state index contributed by atoms with van der Waals surface area (Å²) in [5.74, 6) is 0.750. The molecule has 0 unspecified atom stereocenters. The standard InChI is InChI=1S/C23H28N6O3/c1-16(21(14-30)27(4)24-3)12-18-10-11-22(17(2)13-18)32-15-19-8-6-7-9-20(19)29-23(31)28(5)25-26-29/h6-11,13-14,24H,12,15H2,1-5H3/b21-16-. The van der Waals surface area contributed by atoms with Crippen molar-refractivity contribution in [3.05, 3.63) is 80.9 Å². The topological polar surface area (TPSA) is 94.3 Å². The molecule has 0 spiro atoms. The smallest absolute Gasteiger partial charge is 0.368 e. The van der Waals surface area contributed by atoms with Gasteiger partial charge in [-0.1, -0.05) is 30.3 Å². The Morgan fingerprint density at radius 3 is 2.59 bits per heavy atom. The highest BCUT2D eigenvalue weighted by Gasteiger charge is 2.12. The summed E-state index contributed by atoms with van der Waals surface area (Å²) in [6.07, 6.45) is 1.51. The number of nitrogens with zero attached hydrogens (tertiary/aromatic N) is 5. The van der Waals surface area contributed by atoms with Gasteiger partial charge in [-0.05, 0) is 59.5 Å². The summed E-state index contributed by atoms with van der Waals surface area (Å²) in [5.41, 5.74) is 7.74. The van der Waals surface area contributed by atoms with Gasteiger partial charge in [0.25, 0.3) is 0 Å². The van der Waals surface area contributed by atoms with Crippen LogP contribution >= 0.6 is 0 Å². The predicted molar refractivity (Wildman–Crippen MR) is 121 cm³/mol. The number of para-hydroxylation sites is 1. The first kappa shape index (κ1) is 23.0. The third kappa shape index (κ3) is 4.94. The van der Waals surface area contributed by atoms with Crippen molar-refractivity contribution in [3.63, 3.8) is 0 Å². The molecule has 1 N–H and O–H groups in total. The molecule has 3 rings (SSSR count). The average molecular weight is 437 g/mol. The van der Waals surface area contributed by atoms with Gasteiger partial charge in [0.2, 0.25) is 0 Å². The van der Waals surface area contributed by atoms with Crippen LogP contribution in [0, 0.1) is 6.92 Å². The van der Waals surface area contributed by atoms with Crippen molar-refractivity contribution in [2.24, 2.45) is 7.05 Å². The van der Waals surface area contributed by atoms with Crippen molar-refractivity contribution < 1.29 is 9.53 Å². The maximum Gasteiger partial charge on any atom is 0.368 e. The first-order valence-electron chi connectivity index (χ1n) is 10.2. The number of aromatic nitrogens is 4. The molecular weight excluding hydrogens is 408 g/mol. The number of aryl methyl sites for hydroxylation is 2. The summed E-state index contributed by atoms with van der Waals surface area (Å²) in [6.45, 7) is 4.21. The summed E-state index contributed by atoms with van der Waals surface area (Å²) in [6, 6.07) is 13.4. The molecule has 0 atom stereocenters. The normalized spacial score (nSPS) is 11.8. The van der Waals surface area contributed by atoms with Gasteiger partial charge in [0.1, 0.15) is 12.4 Å². The molecule has 1 heterocycles. The van der Waals surface area contributed by atoms with Crippen LogP contribution in [-0.2, 0) is 24.9 Å². The van der Waals surface area contributed by atoms with E-state index >= 15 is 0 Å². The molecule has 2 aromatic carbocycles. The summed E-state index contributed by atoms with van der Waals surface area (Å²) in [4.78, 5) is 23.7. The lowest BCUT2D eigenvalue weighted by molar-refractivity contribution is -0.106. The Morgan fingerprint density at radius 1 is 1.22 bits per heavy atom. The molecule has 9 nitrogen and oxygen atoms in total. The van der Waals surface area contributed by atoms with E-state index in [1.165, 1.54) is 9.36 Å². The monoisotopic (exact) mass is 436 g/mol. The Kier molecular flexibility index (Phi) is 7.21. The number of likely N-dealkylation sites (N-methyl/N-ethyl adjacent to an activating group) is 1. The molecule has 168 valence electrons. The highest BCUT2D eigenvalue weighted by molar-refractivity contribution is 5.73. The highest BCUT2D eigenvalue weighted by Crippen LogP contribution is 2.23. The van der Waals surface area contributed by atoms with Crippen molar-refractivity contribution >= 4 is 6.29 Å². The molecular formula is C23H28N6O3. The fourth-order valence-corrected chi connectivity index (χ4v) is 3.43. The lowest BCUT2D eigenvalue weighted by Gasteiger charge is -2.20. The van der Waals surface area contributed by atoms with Crippen LogP contribution in [0.1, 0.15) is 23.6 Å². The van der Waals surface area contributed by atoms with Gasteiger partial charge in [-0.3, -0.25) is 4.79 Å². The molecule has 0 saturated heterocycles. The van der Waals surface area contributed by atoms with Crippen molar-refractivity contribution in [2.75, 3.05) is 14.1 Å². The van der Waals surface area contributed by atoms with E-state index in [9.17, 15) is 9.59 Å². The first-order chi connectivity index (χ1) is 15.3. The van der Waals surface area contributed by atoms with Crippen LogP contribution in [0.4, 0.5) is 0 Å². The average Bonchev–Trinajstić information content (AvgIpc) is 3.12. The summed E-state index contributed by atoms with van der Waals surface area (Å²) in [5, 5.41) is 9.40. The van der Waals surface area contributed by atoms with Crippen LogP contribution < -0.4 is 15.9 Å². The molecule has 0 amide bonds. The van der Waals surface area contributed by atoms with E-state index in [1.54, 1.807) is 19.1 Å². The van der Waals surface area contributed by atoms with Crippen LogP contribution in [0.5, 0.6) is 5.75 Å². The largest absolute Gasteiger partial charge is 0.489 e. The lowest BCUT2D eigenvalue weighted by Crippen LogP contribution is -2.31. The number of benzene rings is 2. The molecule has 0 fully saturated rings. The molecule has 32 heavy (non-hydrogen) atoms. The Hall–Kier alpha value is -3.72. The fourth-order valence-electron chi connectivity index (χ4n) is 3.43. The zero-order chi connectivity index (χ0) is 23.3. The quantitative estimate of drug-likeness (QED) is 0.311. The number of carbonyl (C=O) groups excluding carboxylic acids is 1. The molecule has 0 aliphatic heterocycles. The van der Waals surface area contributed by atoms with Gasteiger partial charge in [0.15, 0.2) is 6.29 Å². The molecule has 0 aliphatic rings. The van der Waals surface area contributed by atoms with Crippen molar-refractivity contribution in [1.82, 2.24) is 30.2 Å². The van der Waals surface area contributed by atoms with Gasteiger partial charge < -0.3 is 9.75 Å². The maximum absolute atomic E-state index is 12.2. The fraction of sp³-hybridized carbons (Fsp3) is 0.304. The zero-order valence-corrected chi connectivity index (χ0v) is 19.0. The van der Waals surface area contributed by atoms with Crippen LogP contribution in [-0.4, -0.2) is 45.2 Å². The van der Waals surface area contributed by atoms with Gasteiger partial charge in [-0.15, -0.1) is 0 Å². The number of carbonyl (C=O) groups is 1. The third-order valence-electron chi connectivity index (χ3n) is 5.28. The SMILES string of the molecule is CNN(C)/C(C=O)=C(/C)Cc1ccc(OCc2ccccc2-n2nnn(C)c2=O)c(C)c1. The summed E-state index contributed by atoms with van der Waals surface area (Å²) in [7, 11) is 5.13. The number of aldehydes is 1. The minimum atomic E-state index is -0.319. The zero-order valence-electron chi connectivity index (χ0n) is 19.0. The van der Waals surface area contributed by atoms with Gasteiger partial charge in [-0.2, -0.15) is 9.36 Å². The molecule has 3 aromatic rings. The summed E-state index contributed by atoms with van der Waals surface area (Å²) >= 11 is 0. The Balaban J connectivity index is 1.77. The maximum atomic E-state index is 12.2. The van der Waals surface area contributed by atoms with E-state index < -0.39 is 0 Å². The van der Waals surface area contributed by atoms with E-state index in [-0.39, 0.29) is 12.3 Å². The Bertz CT molecular complexity index is 1190. The molecule has 9 heteroatoms. The molecule has 0 saturated carbocycles. The van der Waals surface area contributed by atoms with E-state index in [0.29, 0.717) is 17.8 Å². The van der Waals surface area contributed by atoms with Gasteiger partial charge in [0.05, 0.1) is 11.4 Å². The van der Waals surface area contributed by atoms with Gasteiger partial charge in [0, 0.05) is 26.7 Å². The van der Waals surface area contributed by atoms with E-state index in [2.05, 4.69) is 21.9 Å². The van der Waals surface area contributed by atoms with Crippen molar-refractivity contribution in [3.8, 4) is 11.4 Å². The molecule has 0 bridgehead atoms. The predicted octanol–water partition coefficient (Wildman–Crippen LogP) is 1.94. The molecule has 0 radical (unpaired) electrons. The van der Waals surface area contributed by atoms with E-state index in [4.69, 9.17) is 4.74 Å². The van der Waals surface area contributed by atoms with E-state index in [0.717, 1.165) is 34.3 Å². The second-order valence-electron chi connectivity index (χ2n) is 7.56. The number of tetrazole rings is 1. The van der Waals surface area contributed by atoms with Crippen LogP contribution in [0.2, 0.25) is 0 Å². The Labute approximate surface area is 186 Å². The number of nitrogens with one attached hydrogen (secondary N) is 1. The number of hydrazine groups is 1. The molecule has 0 aliphatic carbocycles. The van der Waals surface area contributed by atoms with Gasteiger partial charge in [-0.25, -0.2) is 10.2 Å². The van der Waals surface area contributed by atoms with Crippen molar-refractivity contribution in [2.45, 2.75) is 26.9 Å². The number of hydrogen-bond acceptors (Lipinski definition) is 7. The van der Waals surface area contributed by atoms with Crippen molar-refractivity contribution in [1.29, 1.82) is 0 Å². The third-order valence-corrected chi connectivity index (χ3v) is 5.28. The van der Waals surface area contributed by atoms with Crippen LogP contribution in [0.15, 0.2) is 58.5 Å². The second kappa shape index (κ2) is 10.1. The minimum Gasteiger partial charge on any atom is -0.489 e. The van der Waals surface area contributed by atoms with Crippen LogP contribution in [0.3, 0.4) is 0 Å². The lowest BCUT2D eigenvalue weighted by atomic mass is 10.0. The van der Waals surface area contributed by atoms with Gasteiger partial charge >= 0.3 is 5.69 Å². The minimum absolute atomic E-state index is 0.278. The number of allylic oxidation sites excluding steroid dienone is 2. The highest BCUT2D eigenvalue weighted by atomic mass is 16.5. The van der Waals surface area contributed by atoms with Crippen LogP contribution in [0.25, 0.3) is 5.69 Å². The number of rotatable bonds is 9.